The highest BCUT2D eigenvalue weighted by Crippen LogP contribution is 2.32. The molecule has 14 heavy (non-hydrogen) atoms. The van der Waals surface area contributed by atoms with E-state index in [-0.39, 0.29) is 21.8 Å². The fraction of sp³-hybridized carbons (Fsp3) is 0.125. The highest BCUT2D eigenvalue weighted by atomic mass is 35.5. The van der Waals surface area contributed by atoms with Crippen LogP contribution in [0.15, 0.2) is 12.1 Å². The molecule has 0 atom stereocenters. The molecule has 0 aliphatic rings. The minimum Gasteiger partial charge on any atom is -0.399 e. The van der Waals surface area contributed by atoms with Crippen molar-refractivity contribution in [2.24, 2.45) is 0 Å². The molecule has 0 aliphatic carbocycles. The molecule has 0 unspecified atom stereocenters. The summed E-state index contributed by atoms with van der Waals surface area (Å²) < 4.78 is 0. The maximum atomic E-state index is 11.0. The van der Waals surface area contributed by atoms with E-state index in [9.17, 15) is 4.79 Å². The Labute approximate surface area is 96.1 Å². The topological polar surface area (TPSA) is 55.1 Å². The van der Waals surface area contributed by atoms with Crippen molar-refractivity contribution in [3.8, 4) is 0 Å². The van der Waals surface area contributed by atoms with Crippen LogP contribution in [-0.4, -0.2) is 11.8 Å². The average molecular weight is 254 g/mol. The summed E-state index contributed by atoms with van der Waals surface area (Å²) in [6, 6.07) is 2.99. The molecule has 3 N–H and O–H groups in total. The summed E-state index contributed by atoms with van der Waals surface area (Å²) in [6.45, 7) is 0. The monoisotopic (exact) mass is 252 g/mol. The van der Waals surface area contributed by atoms with Crippen molar-refractivity contribution < 1.29 is 4.79 Å². The van der Waals surface area contributed by atoms with Crippen LogP contribution in [-0.2, 0) is 4.79 Å². The molecule has 0 fully saturated rings. The molecular weight excluding hydrogens is 246 g/mol. The lowest BCUT2D eigenvalue weighted by molar-refractivity contribution is -0.113. The average Bonchev–Trinajstić information content (AvgIpc) is 2.10. The van der Waals surface area contributed by atoms with Gasteiger partial charge < -0.3 is 11.1 Å². The highest BCUT2D eigenvalue weighted by Gasteiger charge is 2.09. The van der Waals surface area contributed by atoms with Crippen LogP contribution in [0, 0.1) is 0 Å². The minimum absolute atomic E-state index is 0.156. The van der Waals surface area contributed by atoms with Crippen LogP contribution < -0.4 is 11.1 Å². The van der Waals surface area contributed by atoms with Crippen LogP contribution in [0.2, 0.25) is 10.0 Å². The van der Waals surface area contributed by atoms with Gasteiger partial charge in [-0.1, -0.05) is 23.2 Å². The van der Waals surface area contributed by atoms with E-state index in [0.717, 1.165) is 0 Å². The number of carbonyl (C=O) groups excluding carboxylic acids is 1. The zero-order valence-electron chi connectivity index (χ0n) is 6.98. The lowest BCUT2D eigenvalue weighted by Crippen LogP contribution is -2.13. The van der Waals surface area contributed by atoms with Gasteiger partial charge in [0.05, 0.1) is 15.7 Å². The molecule has 1 amide bonds. The van der Waals surface area contributed by atoms with Gasteiger partial charge in [-0.05, 0) is 12.1 Å². The Hall–Kier alpha value is -0.640. The van der Waals surface area contributed by atoms with Crippen LogP contribution >= 0.6 is 34.8 Å². The Morgan fingerprint density at radius 3 is 2.29 bits per heavy atom. The third-order valence-corrected chi connectivity index (χ3v) is 2.29. The van der Waals surface area contributed by atoms with Crippen molar-refractivity contribution in [3.63, 3.8) is 0 Å². The third kappa shape index (κ3) is 2.67. The second kappa shape index (κ2) is 4.73. The SMILES string of the molecule is Nc1cc(Cl)c(NC(=O)CCl)c(Cl)c1. The lowest BCUT2D eigenvalue weighted by atomic mass is 10.3. The van der Waals surface area contributed by atoms with Gasteiger partial charge >= 0.3 is 0 Å². The van der Waals surface area contributed by atoms with Crippen molar-refractivity contribution in [2.45, 2.75) is 0 Å². The smallest absolute Gasteiger partial charge is 0.239 e. The number of halogens is 3. The van der Waals surface area contributed by atoms with Gasteiger partial charge in [-0.2, -0.15) is 0 Å². The standard InChI is InChI=1S/C8H7Cl3N2O/c9-3-7(14)13-8-5(10)1-4(12)2-6(8)11/h1-2H,3,12H2,(H,13,14). The van der Waals surface area contributed by atoms with Crippen LogP contribution in [0.25, 0.3) is 0 Å². The van der Waals surface area contributed by atoms with Gasteiger partial charge in [0.1, 0.15) is 5.88 Å². The predicted molar refractivity (Wildman–Crippen MR) is 60.2 cm³/mol. The van der Waals surface area contributed by atoms with Gasteiger partial charge in [-0.15, -0.1) is 11.6 Å². The Morgan fingerprint density at radius 2 is 1.86 bits per heavy atom. The molecule has 1 aromatic rings. The fourth-order valence-corrected chi connectivity index (χ4v) is 1.55. The molecule has 0 aliphatic heterocycles. The van der Waals surface area contributed by atoms with Gasteiger partial charge in [0, 0.05) is 5.69 Å². The number of anilines is 2. The molecule has 0 bridgehead atoms. The first kappa shape index (κ1) is 11.4. The fourth-order valence-electron chi connectivity index (χ4n) is 0.885. The lowest BCUT2D eigenvalue weighted by Gasteiger charge is -2.08. The number of hydrogen-bond acceptors (Lipinski definition) is 2. The van der Waals surface area contributed by atoms with E-state index in [0.29, 0.717) is 11.4 Å². The highest BCUT2D eigenvalue weighted by molar-refractivity contribution is 6.40. The first-order valence-corrected chi connectivity index (χ1v) is 4.94. The summed E-state index contributed by atoms with van der Waals surface area (Å²) in [6.07, 6.45) is 0. The Kier molecular flexibility index (Phi) is 3.86. The normalized spacial score (nSPS) is 9.93. The van der Waals surface area contributed by atoms with Crippen molar-refractivity contribution in [1.82, 2.24) is 0 Å². The summed E-state index contributed by atoms with van der Waals surface area (Å²) >= 11 is 16.9. The molecule has 0 aromatic heterocycles. The van der Waals surface area contributed by atoms with Gasteiger partial charge in [0.25, 0.3) is 0 Å². The van der Waals surface area contributed by atoms with Crippen LogP contribution in [0.1, 0.15) is 0 Å². The molecule has 6 heteroatoms. The maximum Gasteiger partial charge on any atom is 0.239 e. The third-order valence-electron chi connectivity index (χ3n) is 1.45. The summed E-state index contributed by atoms with van der Waals surface area (Å²) in [5.41, 5.74) is 6.25. The van der Waals surface area contributed by atoms with E-state index in [4.69, 9.17) is 40.5 Å². The van der Waals surface area contributed by atoms with Crippen molar-refractivity contribution in [3.05, 3.63) is 22.2 Å². The molecule has 0 heterocycles. The molecule has 76 valence electrons. The Bertz CT molecular complexity index is 345. The van der Waals surface area contributed by atoms with Crippen molar-refractivity contribution in [1.29, 1.82) is 0 Å². The number of nitrogen functional groups attached to an aromatic ring is 1. The predicted octanol–water partition coefficient (Wildman–Crippen LogP) is 2.75. The largest absolute Gasteiger partial charge is 0.399 e. The molecule has 0 radical (unpaired) electrons. The molecule has 0 spiro atoms. The number of alkyl halides is 1. The zero-order chi connectivity index (χ0) is 10.7. The van der Waals surface area contributed by atoms with Crippen LogP contribution in [0.4, 0.5) is 11.4 Å². The van der Waals surface area contributed by atoms with Gasteiger partial charge in [-0.25, -0.2) is 0 Å². The molecular formula is C8H7Cl3N2O. The number of nitrogens with two attached hydrogens (primary N) is 1. The van der Waals surface area contributed by atoms with E-state index in [1.807, 2.05) is 0 Å². The first-order valence-electron chi connectivity index (χ1n) is 3.65. The van der Waals surface area contributed by atoms with E-state index >= 15 is 0 Å². The number of rotatable bonds is 2. The quantitative estimate of drug-likeness (QED) is 0.629. The van der Waals surface area contributed by atoms with Crippen molar-refractivity contribution >= 4 is 52.1 Å². The van der Waals surface area contributed by atoms with Gasteiger partial charge in [0.15, 0.2) is 0 Å². The molecule has 1 aromatic carbocycles. The maximum absolute atomic E-state index is 11.0. The van der Waals surface area contributed by atoms with E-state index in [1.165, 1.54) is 12.1 Å². The Balaban J connectivity index is 3.02. The molecule has 0 saturated heterocycles. The zero-order valence-corrected chi connectivity index (χ0v) is 9.25. The second-order valence-electron chi connectivity index (χ2n) is 2.54. The van der Waals surface area contributed by atoms with E-state index in [1.54, 1.807) is 0 Å². The minimum atomic E-state index is -0.375. The molecule has 3 nitrogen and oxygen atoms in total. The van der Waals surface area contributed by atoms with E-state index in [2.05, 4.69) is 5.32 Å². The van der Waals surface area contributed by atoms with Gasteiger partial charge in [-0.3, -0.25) is 4.79 Å². The Morgan fingerprint density at radius 1 is 1.36 bits per heavy atom. The number of carbonyl (C=O) groups is 1. The number of nitrogens with one attached hydrogen (secondary N) is 1. The second-order valence-corrected chi connectivity index (χ2v) is 3.62. The number of hydrogen-bond donors (Lipinski definition) is 2. The summed E-state index contributed by atoms with van der Waals surface area (Å²) in [4.78, 5) is 11.0. The summed E-state index contributed by atoms with van der Waals surface area (Å²) in [7, 11) is 0. The summed E-state index contributed by atoms with van der Waals surface area (Å²) in [5.74, 6) is -0.530. The summed E-state index contributed by atoms with van der Waals surface area (Å²) in [5, 5.41) is 3.04. The van der Waals surface area contributed by atoms with Crippen LogP contribution in [0.3, 0.4) is 0 Å². The van der Waals surface area contributed by atoms with E-state index < -0.39 is 0 Å². The van der Waals surface area contributed by atoms with Crippen LogP contribution in [0.5, 0.6) is 0 Å². The number of amides is 1. The van der Waals surface area contributed by atoms with Crippen molar-refractivity contribution in [2.75, 3.05) is 16.9 Å². The van der Waals surface area contributed by atoms with Gasteiger partial charge in [0.2, 0.25) is 5.91 Å². The molecule has 0 saturated carbocycles. The first-order chi connectivity index (χ1) is 6.54. The molecule has 1 rings (SSSR count). The number of benzene rings is 1.